The summed E-state index contributed by atoms with van der Waals surface area (Å²) in [5, 5.41) is 9.48. The average Bonchev–Trinajstić information content (AvgIpc) is 2.54. The molecule has 0 unspecified atom stereocenters. The van der Waals surface area contributed by atoms with Crippen LogP contribution < -0.4 is 0 Å². The maximum Gasteiger partial charge on any atom is 0.225 e. The Morgan fingerprint density at radius 2 is 2.00 bits per heavy atom. The van der Waals surface area contributed by atoms with Crippen molar-refractivity contribution >= 4 is 15.9 Å². The first-order valence-electron chi connectivity index (χ1n) is 7.84. The van der Waals surface area contributed by atoms with E-state index < -0.39 is 10.0 Å². The van der Waals surface area contributed by atoms with E-state index in [1.54, 1.807) is 37.1 Å². The number of nitrogens with zero attached hydrogens (tertiary/aromatic N) is 2. The zero-order chi connectivity index (χ0) is 17.0. The molecule has 1 aromatic carbocycles. The highest BCUT2D eigenvalue weighted by atomic mass is 32.2. The minimum absolute atomic E-state index is 0.0295. The van der Waals surface area contributed by atoms with Gasteiger partial charge in [-0.2, -0.15) is 0 Å². The lowest BCUT2D eigenvalue weighted by atomic mass is 9.96. The monoisotopic (exact) mass is 340 g/mol. The van der Waals surface area contributed by atoms with Crippen molar-refractivity contribution in [2.75, 3.05) is 25.9 Å². The van der Waals surface area contributed by atoms with Crippen LogP contribution in [-0.2, 0) is 21.4 Å². The lowest BCUT2D eigenvalue weighted by Crippen LogP contribution is -2.43. The van der Waals surface area contributed by atoms with Gasteiger partial charge in [0.15, 0.2) is 0 Å². The Hall–Kier alpha value is -1.60. The molecule has 0 spiro atoms. The molecule has 6 nitrogen and oxygen atoms in total. The number of hydrogen-bond donors (Lipinski definition) is 1. The van der Waals surface area contributed by atoms with Gasteiger partial charge in [0, 0.05) is 32.6 Å². The fourth-order valence-corrected chi connectivity index (χ4v) is 4.01. The van der Waals surface area contributed by atoms with E-state index in [1.165, 1.54) is 4.31 Å². The van der Waals surface area contributed by atoms with Crippen LogP contribution in [0.5, 0.6) is 5.75 Å². The largest absolute Gasteiger partial charge is 0.508 e. The fourth-order valence-electron chi connectivity index (χ4n) is 2.88. The third kappa shape index (κ3) is 4.45. The Kier molecular flexibility index (Phi) is 5.64. The lowest BCUT2D eigenvalue weighted by molar-refractivity contribution is -0.135. The van der Waals surface area contributed by atoms with Crippen LogP contribution in [0.15, 0.2) is 24.3 Å². The standard InChI is InChI=1S/C16H24N2O4S/c1-3-23(21,22)18-9-7-14(8-10-18)16(20)17(2)12-13-5-4-6-15(19)11-13/h4-6,11,14,19H,3,7-10,12H2,1-2H3. The molecule has 2 rings (SSSR count). The second-order valence-electron chi connectivity index (χ2n) is 5.94. The Labute approximate surface area is 137 Å². The predicted molar refractivity (Wildman–Crippen MR) is 88.3 cm³/mol. The number of carbonyl (C=O) groups is 1. The Morgan fingerprint density at radius 3 is 2.57 bits per heavy atom. The number of hydrogen-bond acceptors (Lipinski definition) is 4. The van der Waals surface area contributed by atoms with Crippen LogP contribution in [0, 0.1) is 5.92 Å². The normalized spacial score (nSPS) is 17.1. The minimum atomic E-state index is -3.16. The molecular weight excluding hydrogens is 316 g/mol. The number of piperidine rings is 1. The molecule has 0 aromatic heterocycles. The highest BCUT2D eigenvalue weighted by molar-refractivity contribution is 7.89. The van der Waals surface area contributed by atoms with Gasteiger partial charge in [0.25, 0.3) is 0 Å². The zero-order valence-electron chi connectivity index (χ0n) is 13.6. The summed E-state index contributed by atoms with van der Waals surface area (Å²) in [6.07, 6.45) is 1.12. The van der Waals surface area contributed by atoms with Gasteiger partial charge in [0.2, 0.25) is 15.9 Å². The molecule has 1 fully saturated rings. The summed E-state index contributed by atoms with van der Waals surface area (Å²) in [6, 6.07) is 6.84. The summed E-state index contributed by atoms with van der Waals surface area (Å²) in [4.78, 5) is 14.2. The van der Waals surface area contributed by atoms with Gasteiger partial charge in [0.1, 0.15) is 5.75 Å². The molecule has 1 aliphatic rings. The van der Waals surface area contributed by atoms with Gasteiger partial charge in [-0.1, -0.05) is 12.1 Å². The van der Waals surface area contributed by atoms with Crippen LogP contribution in [0.25, 0.3) is 0 Å². The van der Waals surface area contributed by atoms with Crippen LogP contribution in [0.1, 0.15) is 25.3 Å². The van der Waals surface area contributed by atoms with Gasteiger partial charge in [0.05, 0.1) is 5.75 Å². The molecule has 0 radical (unpaired) electrons. The Morgan fingerprint density at radius 1 is 1.35 bits per heavy atom. The molecule has 0 aliphatic carbocycles. The van der Waals surface area contributed by atoms with Gasteiger partial charge in [-0.25, -0.2) is 12.7 Å². The molecule has 7 heteroatoms. The smallest absolute Gasteiger partial charge is 0.225 e. The summed E-state index contributed by atoms with van der Waals surface area (Å²) in [7, 11) is -1.43. The van der Waals surface area contributed by atoms with E-state index in [2.05, 4.69) is 0 Å². The van der Waals surface area contributed by atoms with E-state index >= 15 is 0 Å². The number of amides is 1. The highest BCUT2D eigenvalue weighted by Crippen LogP contribution is 2.22. The number of phenolic OH excluding ortho intramolecular Hbond substituents is 1. The summed E-state index contributed by atoms with van der Waals surface area (Å²) in [6.45, 7) is 2.88. The molecule has 1 aromatic rings. The fraction of sp³-hybridized carbons (Fsp3) is 0.562. The summed E-state index contributed by atoms with van der Waals surface area (Å²) in [5.41, 5.74) is 0.867. The van der Waals surface area contributed by atoms with E-state index in [0.29, 0.717) is 32.5 Å². The highest BCUT2D eigenvalue weighted by Gasteiger charge is 2.31. The molecule has 1 saturated heterocycles. The third-order valence-corrected chi connectivity index (χ3v) is 6.15. The lowest BCUT2D eigenvalue weighted by Gasteiger charge is -2.32. The van der Waals surface area contributed by atoms with Crippen molar-refractivity contribution in [3.63, 3.8) is 0 Å². The summed E-state index contributed by atoms with van der Waals surface area (Å²) < 4.78 is 25.2. The van der Waals surface area contributed by atoms with E-state index in [9.17, 15) is 18.3 Å². The van der Waals surface area contributed by atoms with Gasteiger partial charge in [-0.15, -0.1) is 0 Å². The van der Waals surface area contributed by atoms with Crippen molar-refractivity contribution in [1.82, 2.24) is 9.21 Å². The number of benzene rings is 1. The van der Waals surface area contributed by atoms with Crippen molar-refractivity contribution in [2.24, 2.45) is 5.92 Å². The molecule has 128 valence electrons. The maximum atomic E-state index is 12.5. The molecule has 1 heterocycles. The first kappa shape index (κ1) is 17.7. The molecule has 1 aliphatic heterocycles. The average molecular weight is 340 g/mol. The molecule has 23 heavy (non-hydrogen) atoms. The van der Waals surface area contributed by atoms with Crippen molar-refractivity contribution in [2.45, 2.75) is 26.3 Å². The number of sulfonamides is 1. The molecule has 1 N–H and O–H groups in total. The second-order valence-corrected chi connectivity index (χ2v) is 8.20. The first-order chi connectivity index (χ1) is 10.8. The van der Waals surface area contributed by atoms with E-state index in [4.69, 9.17) is 0 Å². The van der Waals surface area contributed by atoms with Crippen molar-refractivity contribution in [1.29, 1.82) is 0 Å². The molecule has 0 saturated carbocycles. The van der Waals surface area contributed by atoms with Gasteiger partial charge in [-0.05, 0) is 37.5 Å². The molecular formula is C16H24N2O4S. The summed E-state index contributed by atoms with van der Waals surface area (Å²) in [5.74, 6) is 0.173. The third-order valence-electron chi connectivity index (χ3n) is 4.27. The number of phenols is 1. The second kappa shape index (κ2) is 7.31. The van der Waals surface area contributed by atoms with E-state index in [-0.39, 0.29) is 23.3 Å². The number of carbonyl (C=O) groups excluding carboxylic acids is 1. The van der Waals surface area contributed by atoms with Crippen LogP contribution in [-0.4, -0.2) is 54.5 Å². The minimum Gasteiger partial charge on any atom is -0.508 e. The molecule has 0 atom stereocenters. The molecule has 0 bridgehead atoms. The Bertz CT molecular complexity index is 652. The van der Waals surface area contributed by atoms with E-state index in [0.717, 1.165) is 5.56 Å². The number of aromatic hydroxyl groups is 1. The topological polar surface area (TPSA) is 77.9 Å². The zero-order valence-corrected chi connectivity index (χ0v) is 14.4. The SMILES string of the molecule is CCS(=O)(=O)N1CCC(C(=O)N(C)Cc2cccc(O)c2)CC1. The predicted octanol–water partition coefficient (Wildman–Crippen LogP) is 1.41. The van der Waals surface area contributed by atoms with E-state index in [1.807, 2.05) is 6.07 Å². The van der Waals surface area contributed by atoms with Crippen LogP contribution in [0.3, 0.4) is 0 Å². The van der Waals surface area contributed by atoms with Gasteiger partial charge < -0.3 is 10.0 Å². The van der Waals surface area contributed by atoms with Gasteiger partial charge >= 0.3 is 0 Å². The van der Waals surface area contributed by atoms with Crippen molar-refractivity contribution < 1.29 is 18.3 Å². The van der Waals surface area contributed by atoms with Crippen molar-refractivity contribution in [3.8, 4) is 5.75 Å². The first-order valence-corrected chi connectivity index (χ1v) is 9.45. The van der Waals surface area contributed by atoms with Crippen LogP contribution in [0.4, 0.5) is 0 Å². The Balaban J connectivity index is 1.92. The van der Waals surface area contributed by atoms with Gasteiger partial charge in [-0.3, -0.25) is 4.79 Å². The molecule has 1 amide bonds. The number of rotatable bonds is 5. The van der Waals surface area contributed by atoms with Crippen LogP contribution in [0.2, 0.25) is 0 Å². The maximum absolute atomic E-state index is 12.5. The summed E-state index contributed by atoms with van der Waals surface area (Å²) >= 11 is 0. The van der Waals surface area contributed by atoms with Crippen LogP contribution >= 0.6 is 0 Å². The van der Waals surface area contributed by atoms with Crippen molar-refractivity contribution in [3.05, 3.63) is 29.8 Å². The quantitative estimate of drug-likeness (QED) is 0.879.